The van der Waals surface area contributed by atoms with E-state index in [1.807, 2.05) is 24.3 Å². The molecule has 3 aromatic rings. The summed E-state index contributed by atoms with van der Waals surface area (Å²) in [6.45, 7) is 9.40. The molecule has 3 aromatic carbocycles. The molecule has 2 N–H and O–H groups in total. The van der Waals surface area contributed by atoms with Gasteiger partial charge in [-0.3, -0.25) is 0 Å². The van der Waals surface area contributed by atoms with Gasteiger partial charge in [0.25, 0.3) is 0 Å². The number of fused-ring (bicyclic) bond motifs is 4. The van der Waals surface area contributed by atoms with E-state index in [-0.39, 0.29) is 22.3 Å². The van der Waals surface area contributed by atoms with Crippen LogP contribution in [0.15, 0.2) is 72.8 Å². The van der Waals surface area contributed by atoms with Crippen molar-refractivity contribution < 1.29 is 4.74 Å². The van der Waals surface area contributed by atoms with Crippen molar-refractivity contribution in [1.82, 2.24) is 0 Å². The van der Waals surface area contributed by atoms with Gasteiger partial charge < -0.3 is 10.5 Å². The van der Waals surface area contributed by atoms with Gasteiger partial charge in [0.15, 0.2) is 0 Å². The summed E-state index contributed by atoms with van der Waals surface area (Å²) >= 11 is 0. The quantitative estimate of drug-likeness (QED) is 0.553. The zero-order valence-corrected chi connectivity index (χ0v) is 17.7. The maximum atomic E-state index is 6.86. The Kier molecular flexibility index (Phi) is 3.71. The average molecular weight is 384 g/mol. The molecule has 148 valence electrons. The maximum absolute atomic E-state index is 6.86. The second-order valence-electron chi connectivity index (χ2n) is 9.91. The van der Waals surface area contributed by atoms with E-state index >= 15 is 0 Å². The summed E-state index contributed by atoms with van der Waals surface area (Å²) in [5.74, 6) is 0.881. The molecule has 0 aromatic heterocycles. The van der Waals surface area contributed by atoms with Gasteiger partial charge in [-0.2, -0.15) is 0 Å². The van der Waals surface area contributed by atoms with Gasteiger partial charge in [-0.25, -0.2) is 0 Å². The van der Waals surface area contributed by atoms with Crippen molar-refractivity contribution in [3.8, 4) is 5.75 Å². The number of anilines is 1. The van der Waals surface area contributed by atoms with Gasteiger partial charge in [-0.05, 0) is 58.4 Å². The van der Waals surface area contributed by atoms with Crippen molar-refractivity contribution in [1.29, 1.82) is 0 Å². The predicted octanol–water partition coefficient (Wildman–Crippen LogP) is 5.98. The third kappa shape index (κ3) is 2.41. The molecule has 2 nitrogen and oxygen atoms in total. The predicted molar refractivity (Wildman–Crippen MR) is 120 cm³/mol. The second kappa shape index (κ2) is 5.89. The molecule has 2 aliphatic carbocycles. The lowest BCUT2D eigenvalue weighted by Crippen LogP contribution is -2.47. The minimum Gasteiger partial charge on any atom is -0.488 e. The third-order valence-electron chi connectivity index (χ3n) is 7.20. The topological polar surface area (TPSA) is 35.2 Å². The Bertz CT molecular complexity index is 1070. The van der Waals surface area contributed by atoms with E-state index in [1.54, 1.807) is 0 Å². The fourth-order valence-corrected chi connectivity index (χ4v) is 6.09. The van der Waals surface area contributed by atoms with E-state index in [4.69, 9.17) is 10.5 Å². The third-order valence-corrected chi connectivity index (χ3v) is 7.20. The van der Waals surface area contributed by atoms with Crippen LogP contribution in [0.1, 0.15) is 56.4 Å². The highest BCUT2D eigenvalue weighted by atomic mass is 16.5. The summed E-state index contributed by atoms with van der Waals surface area (Å²) < 4.78 is 6.86. The van der Waals surface area contributed by atoms with Crippen molar-refractivity contribution in [2.24, 2.45) is 0 Å². The lowest BCUT2D eigenvalue weighted by Gasteiger charge is -2.40. The van der Waals surface area contributed by atoms with Crippen LogP contribution in [0.5, 0.6) is 5.75 Å². The Hall–Kier alpha value is -2.74. The van der Waals surface area contributed by atoms with Crippen molar-refractivity contribution in [3.63, 3.8) is 0 Å². The maximum Gasteiger partial charge on any atom is 0.121 e. The standard InChI is InChI=1S/C27H29NO/c1-25(2)17-27(22-11-7-5-9-20(22)25)23-12-8-6-10-21(23)26(3,4)24(27)29-19-15-13-18(28)14-16-19/h5-16,24H,17,28H2,1-4H3. The van der Waals surface area contributed by atoms with Gasteiger partial charge in [0.1, 0.15) is 11.9 Å². The molecule has 2 atom stereocenters. The molecule has 2 unspecified atom stereocenters. The first-order valence-electron chi connectivity index (χ1n) is 10.5. The van der Waals surface area contributed by atoms with E-state index in [9.17, 15) is 0 Å². The molecule has 2 aliphatic rings. The summed E-state index contributed by atoms with van der Waals surface area (Å²) in [5.41, 5.74) is 12.2. The summed E-state index contributed by atoms with van der Waals surface area (Å²) in [5, 5.41) is 0. The van der Waals surface area contributed by atoms with E-state index in [0.29, 0.717) is 0 Å². The molecule has 0 saturated carbocycles. The summed E-state index contributed by atoms with van der Waals surface area (Å²) in [4.78, 5) is 0. The number of hydrogen-bond donors (Lipinski definition) is 1. The van der Waals surface area contributed by atoms with Gasteiger partial charge in [0.2, 0.25) is 0 Å². The zero-order valence-electron chi connectivity index (χ0n) is 17.7. The average Bonchev–Trinajstić information content (AvgIpc) is 3.05. The first-order valence-corrected chi connectivity index (χ1v) is 10.5. The van der Waals surface area contributed by atoms with Crippen molar-refractivity contribution in [2.45, 2.75) is 56.5 Å². The van der Waals surface area contributed by atoms with Crippen LogP contribution in [-0.4, -0.2) is 6.10 Å². The first kappa shape index (κ1) is 18.3. The van der Waals surface area contributed by atoms with E-state index in [0.717, 1.165) is 17.9 Å². The number of rotatable bonds is 2. The Morgan fingerprint density at radius 2 is 1.24 bits per heavy atom. The molecule has 5 rings (SSSR count). The van der Waals surface area contributed by atoms with Gasteiger partial charge in [-0.1, -0.05) is 76.2 Å². The van der Waals surface area contributed by atoms with Crippen LogP contribution < -0.4 is 10.5 Å². The molecular weight excluding hydrogens is 354 g/mol. The molecule has 0 fully saturated rings. The minimum absolute atomic E-state index is 0.000973. The molecule has 0 amide bonds. The molecular formula is C27H29NO. The normalized spacial score (nSPS) is 25.6. The highest BCUT2D eigenvalue weighted by Crippen LogP contribution is 2.63. The van der Waals surface area contributed by atoms with Crippen LogP contribution in [0.3, 0.4) is 0 Å². The van der Waals surface area contributed by atoms with Crippen molar-refractivity contribution in [3.05, 3.63) is 95.1 Å². The van der Waals surface area contributed by atoms with E-state index in [1.165, 1.54) is 22.3 Å². The van der Waals surface area contributed by atoms with Crippen LogP contribution >= 0.6 is 0 Å². The van der Waals surface area contributed by atoms with Crippen molar-refractivity contribution >= 4 is 5.69 Å². The van der Waals surface area contributed by atoms with Crippen LogP contribution in [0.2, 0.25) is 0 Å². The van der Waals surface area contributed by atoms with Crippen LogP contribution in [0, 0.1) is 0 Å². The lowest BCUT2D eigenvalue weighted by atomic mass is 9.70. The summed E-state index contributed by atoms with van der Waals surface area (Å²) in [6.07, 6.45) is 1.04. The highest BCUT2D eigenvalue weighted by Gasteiger charge is 2.63. The minimum atomic E-state index is -0.165. The summed E-state index contributed by atoms with van der Waals surface area (Å²) in [6, 6.07) is 25.7. The molecule has 2 heteroatoms. The molecule has 29 heavy (non-hydrogen) atoms. The molecule has 0 saturated heterocycles. The Morgan fingerprint density at radius 1 is 0.724 bits per heavy atom. The van der Waals surface area contributed by atoms with Gasteiger partial charge >= 0.3 is 0 Å². The first-order chi connectivity index (χ1) is 13.8. The van der Waals surface area contributed by atoms with Crippen LogP contribution in [-0.2, 0) is 16.2 Å². The molecule has 0 aliphatic heterocycles. The Labute approximate surface area is 173 Å². The Balaban J connectivity index is 1.76. The van der Waals surface area contributed by atoms with E-state index < -0.39 is 0 Å². The number of nitrogen functional groups attached to an aromatic ring is 1. The number of nitrogens with two attached hydrogens (primary N) is 1. The lowest BCUT2D eigenvalue weighted by molar-refractivity contribution is 0.0763. The number of hydrogen-bond acceptors (Lipinski definition) is 2. The smallest absolute Gasteiger partial charge is 0.121 e. The molecule has 1 spiro atoms. The second-order valence-corrected chi connectivity index (χ2v) is 9.91. The number of ether oxygens (including phenoxy) is 1. The van der Waals surface area contributed by atoms with E-state index in [2.05, 4.69) is 76.2 Å². The van der Waals surface area contributed by atoms with Gasteiger partial charge in [0.05, 0.1) is 5.41 Å². The van der Waals surface area contributed by atoms with Crippen LogP contribution in [0.25, 0.3) is 0 Å². The highest BCUT2D eigenvalue weighted by molar-refractivity contribution is 5.61. The Morgan fingerprint density at radius 3 is 1.86 bits per heavy atom. The SMILES string of the molecule is CC1(C)CC2(c3ccccc31)c1ccccc1C(C)(C)C2Oc1ccc(N)cc1. The van der Waals surface area contributed by atoms with Crippen LogP contribution in [0.4, 0.5) is 5.69 Å². The monoisotopic (exact) mass is 383 g/mol. The van der Waals surface area contributed by atoms with Crippen molar-refractivity contribution in [2.75, 3.05) is 5.73 Å². The zero-order chi connectivity index (χ0) is 20.4. The largest absolute Gasteiger partial charge is 0.488 e. The molecule has 0 bridgehead atoms. The summed E-state index contributed by atoms with van der Waals surface area (Å²) in [7, 11) is 0. The molecule has 0 heterocycles. The molecule has 0 radical (unpaired) electrons. The van der Waals surface area contributed by atoms with Gasteiger partial charge in [-0.15, -0.1) is 0 Å². The van der Waals surface area contributed by atoms with Gasteiger partial charge in [0, 0.05) is 11.1 Å². The fourth-order valence-electron chi connectivity index (χ4n) is 6.09. The fraction of sp³-hybridized carbons (Fsp3) is 0.333. The number of benzene rings is 3.